The predicted molar refractivity (Wildman–Crippen MR) is 59.6 cm³/mol. The Labute approximate surface area is 97.5 Å². The Morgan fingerprint density at radius 3 is 2.31 bits per heavy atom. The minimum atomic E-state index is -0.730. The van der Waals surface area contributed by atoms with Gasteiger partial charge in [0.15, 0.2) is 5.82 Å². The van der Waals surface area contributed by atoms with Gasteiger partial charge in [0.05, 0.1) is 5.54 Å². The number of carbonyl (C=O) groups excluding carboxylic acids is 1. The predicted octanol–water partition coefficient (Wildman–Crippen LogP) is 0.289. The van der Waals surface area contributed by atoms with E-state index in [-0.39, 0.29) is 5.82 Å². The first-order valence-electron chi connectivity index (χ1n) is 4.60. The highest BCUT2D eigenvalue weighted by Gasteiger charge is 2.28. The minimum absolute atomic E-state index is 0.234. The SMILES string of the molecule is Cc1nn(C(=O)N(Cl)C(C)(C)C)c(=O)n1N. The van der Waals surface area contributed by atoms with E-state index in [1.54, 1.807) is 20.8 Å². The van der Waals surface area contributed by atoms with Gasteiger partial charge in [0.2, 0.25) is 0 Å². The summed E-state index contributed by atoms with van der Waals surface area (Å²) in [7, 11) is 0. The van der Waals surface area contributed by atoms with Gasteiger partial charge in [-0.25, -0.2) is 14.0 Å². The topological polar surface area (TPSA) is 86.2 Å². The van der Waals surface area contributed by atoms with Gasteiger partial charge in [0.25, 0.3) is 0 Å². The molecular formula is C8H14ClN5O2. The van der Waals surface area contributed by atoms with Gasteiger partial charge in [-0.1, -0.05) is 0 Å². The van der Waals surface area contributed by atoms with Crippen LogP contribution in [-0.2, 0) is 0 Å². The maximum atomic E-state index is 11.8. The van der Waals surface area contributed by atoms with Crippen LogP contribution in [0.5, 0.6) is 0 Å². The highest BCUT2D eigenvalue weighted by atomic mass is 35.5. The van der Waals surface area contributed by atoms with E-state index in [4.69, 9.17) is 17.6 Å². The molecular weight excluding hydrogens is 234 g/mol. The monoisotopic (exact) mass is 247 g/mol. The third-order valence-corrected chi connectivity index (χ3v) is 2.57. The molecule has 7 nitrogen and oxygen atoms in total. The lowest BCUT2D eigenvalue weighted by molar-refractivity contribution is 0.196. The van der Waals surface area contributed by atoms with Crippen LogP contribution < -0.4 is 11.5 Å². The van der Waals surface area contributed by atoms with Crippen molar-refractivity contribution in [3.63, 3.8) is 0 Å². The molecule has 8 heteroatoms. The minimum Gasteiger partial charge on any atom is -0.333 e. The molecule has 0 aliphatic carbocycles. The summed E-state index contributed by atoms with van der Waals surface area (Å²) in [6, 6.07) is -0.730. The second-order valence-corrected chi connectivity index (χ2v) is 4.68. The number of amides is 1. The first kappa shape index (κ1) is 12.6. The van der Waals surface area contributed by atoms with Crippen molar-refractivity contribution in [3.05, 3.63) is 16.3 Å². The van der Waals surface area contributed by atoms with E-state index in [2.05, 4.69) is 5.10 Å². The number of nitrogens with two attached hydrogens (primary N) is 1. The van der Waals surface area contributed by atoms with E-state index in [0.29, 0.717) is 4.68 Å². The van der Waals surface area contributed by atoms with Crippen molar-refractivity contribution in [1.29, 1.82) is 0 Å². The van der Waals surface area contributed by atoms with Gasteiger partial charge in [-0.15, -0.1) is 9.78 Å². The molecule has 90 valence electrons. The summed E-state index contributed by atoms with van der Waals surface area (Å²) >= 11 is 5.81. The zero-order valence-corrected chi connectivity index (χ0v) is 10.3. The molecule has 0 saturated heterocycles. The van der Waals surface area contributed by atoms with Gasteiger partial charge in [-0.3, -0.25) is 0 Å². The lowest BCUT2D eigenvalue weighted by Crippen LogP contribution is -2.45. The lowest BCUT2D eigenvalue weighted by Gasteiger charge is -2.27. The molecule has 1 aromatic heterocycles. The Kier molecular flexibility index (Phi) is 3.00. The first-order valence-corrected chi connectivity index (χ1v) is 4.94. The summed E-state index contributed by atoms with van der Waals surface area (Å²) in [6.07, 6.45) is 0. The van der Waals surface area contributed by atoms with Gasteiger partial charge in [-0.2, -0.15) is 4.68 Å². The summed E-state index contributed by atoms with van der Waals surface area (Å²) in [4.78, 5) is 23.3. The van der Waals surface area contributed by atoms with Crippen LogP contribution in [-0.4, -0.2) is 30.4 Å². The molecule has 1 heterocycles. The van der Waals surface area contributed by atoms with Crippen LogP contribution >= 0.6 is 11.8 Å². The van der Waals surface area contributed by atoms with E-state index in [9.17, 15) is 9.59 Å². The van der Waals surface area contributed by atoms with Crippen LogP contribution in [0.25, 0.3) is 0 Å². The first-order chi connectivity index (χ1) is 7.16. The van der Waals surface area contributed by atoms with E-state index in [1.165, 1.54) is 6.92 Å². The van der Waals surface area contributed by atoms with E-state index in [1.807, 2.05) is 0 Å². The number of hydrogen-bond donors (Lipinski definition) is 1. The second-order valence-electron chi connectivity index (χ2n) is 4.35. The number of aromatic nitrogens is 3. The molecule has 1 rings (SSSR count). The van der Waals surface area contributed by atoms with Crippen LogP contribution in [0, 0.1) is 6.92 Å². The molecule has 0 aliphatic heterocycles. The van der Waals surface area contributed by atoms with Crippen molar-refractivity contribution in [2.75, 3.05) is 5.84 Å². The van der Waals surface area contributed by atoms with Crippen LogP contribution in [0.15, 0.2) is 4.79 Å². The fourth-order valence-electron chi connectivity index (χ4n) is 0.971. The van der Waals surface area contributed by atoms with Crippen molar-refractivity contribution < 1.29 is 4.79 Å². The molecule has 0 fully saturated rings. The number of nitrogens with zero attached hydrogens (tertiary/aromatic N) is 4. The molecule has 0 radical (unpaired) electrons. The summed E-state index contributed by atoms with van der Waals surface area (Å²) in [5.41, 5.74) is -1.35. The van der Waals surface area contributed by atoms with Gasteiger partial charge in [-0.05, 0) is 27.7 Å². The van der Waals surface area contributed by atoms with Gasteiger partial charge in [0, 0.05) is 11.8 Å². The molecule has 0 aliphatic rings. The van der Waals surface area contributed by atoms with E-state index in [0.717, 1.165) is 9.10 Å². The van der Waals surface area contributed by atoms with Crippen molar-refractivity contribution >= 4 is 17.8 Å². The molecule has 0 bridgehead atoms. The standard InChI is InChI=1S/C8H14ClN5O2/c1-5-11-13(6(15)12(5)10)7(16)14(9)8(2,3)4/h10H2,1-4H3. The fraction of sp³-hybridized carbons (Fsp3) is 0.625. The zero-order chi connectivity index (χ0) is 12.7. The normalized spacial score (nSPS) is 11.6. The Bertz CT molecular complexity index is 470. The Morgan fingerprint density at radius 1 is 1.50 bits per heavy atom. The maximum Gasteiger partial charge on any atom is 0.373 e. The third kappa shape index (κ3) is 2.04. The van der Waals surface area contributed by atoms with Crippen LogP contribution in [0.3, 0.4) is 0 Å². The molecule has 16 heavy (non-hydrogen) atoms. The third-order valence-electron chi connectivity index (χ3n) is 1.92. The van der Waals surface area contributed by atoms with Gasteiger partial charge in [0.1, 0.15) is 0 Å². The molecule has 1 amide bonds. The molecule has 0 aromatic carbocycles. The average Bonchev–Trinajstić information content (AvgIpc) is 2.42. The molecule has 0 atom stereocenters. The summed E-state index contributed by atoms with van der Waals surface area (Å²) in [6.45, 7) is 6.71. The maximum absolute atomic E-state index is 11.8. The van der Waals surface area contributed by atoms with Crippen LogP contribution in [0.2, 0.25) is 0 Å². The van der Waals surface area contributed by atoms with Crippen molar-refractivity contribution in [3.8, 4) is 0 Å². The van der Waals surface area contributed by atoms with Gasteiger partial charge < -0.3 is 5.84 Å². The fourth-order valence-corrected chi connectivity index (χ4v) is 1.04. The molecule has 0 unspecified atom stereocenters. The van der Waals surface area contributed by atoms with E-state index < -0.39 is 17.3 Å². The number of carbonyl (C=O) groups is 1. The average molecular weight is 248 g/mol. The molecule has 1 aromatic rings. The zero-order valence-electron chi connectivity index (χ0n) is 9.56. The smallest absolute Gasteiger partial charge is 0.333 e. The van der Waals surface area contributed by atoms with Crippen LogP contribution in [0.1, 0.15) is 26.6 Å². The highest BCUT2D eigenvalue weighted by Crippen LogP contribution is 2.16. The Hall–Kier alpha value is -1.50. The lowest BCUT2D eigenvalue weighted by atomic mass is 10.1. The molecule has 0 spiro atoms. The second kappa shape index (κ2) is 3.82. The Balaban J connectivity index is 3.17. The Morgan fingerprint density at radius 2 is 2.00 bits per heavy atom. The highest BCUT2D eigenvalue weighted by molar-refractivity contribution is 6.21. The number of hydrogen-bond acceptors (Lipinski definition) is 4. The summed E-state index contributed by atoms with van der Waals surface area (Å²) < 4.78 is 2.32. The van der Waals surface area contributed by atoms with Crippen molar-refractivity contribution in [1.82, 2.24) is 18.9 Å². The molecule has 0 saturated carbocycles. The number of halogens is 1. The van der Waals surface area contributed by atoms with Crippen LogP contribution in [0.4, 0.5) is 4.79 Å². The quantitative estimate of drug-likeness (QED) is 0.527. The number of aryl methyl sites for hydroxylation is 1. The largest absolute Gasteiger partial charge is 0.373 e. The van der Waals surface area contributed by atoms with Crippen molar-refractivity contribution in [2.45, 2.75) is 33.2 Å². The number of rotatable bonds is 0. The summed E-state index contributed by atoms with van der Waals surface area (Å²) in [5, 5.41) is 3.71. The molecule has 2 N–H and O–H groups in total. The van der Waals surface area contributed by atoms with Gasteiger partial charge >= 0.3 is 11.7 Å². The van der Waals surface area contributed by atoms with Crippen molar-refractivity contribution in [2.24, 2.45) is 0 Å². The number of nitrogen functional groups attached to an aromatic ring is 1. The summed E-state index contributed by atoms with van der Waals surface area (Å²) in [5.74, 6) is 5.59. The van der Waals surface area contributed by atoms with E-state index >= 15 is 0 Å².